The molecule has 0 spiro atoms. The fourth-order valence-electron chi connectivity index (χ4n) is 2.56. The van der Waals surface area contributed by atoms with Crippen LogP contribution in [0.3, 0.4) is 0 Å². The van der Waals surface area contributed by atoms with Crippen LogP contribution in [-0.4, -0.2) is 63.1 Å². The molecule has 0 unspecified atom stereocenters. The molecule has 1 aliphatic heterocycles. The number of aromatic hydroxyl groups is 3. The first-order chi connectivity index (χ1) is 10.9. The Labute approximate surface area is 134 Å². The number of benzene rings is 1. The van der Waals surface area contributed by atoms with Gasteiger partial charge in [-0.05, 0) is 18.6 Å². The smallest absolute Gasteiger partial charge is 0.254 e. The maximum absolute atomic E-state index is 12.4. The number of piperazine rings is 1. The second kappa shape index (κ2) is 7.21. The SMILES string of the molecule is CCCCC(=O)N1CCN(C(=O)c2cc(O)c(O)c(O)c2)CC1. The minimum atomic E-state index is -0.645. The zero-order valence-corrected chi connectivity index (χ0v) is 13.2. The average molecular weight is 322 g/mol. The monoisotopic (exact) mass is 322 g/mol. The topological polar surface area (TPSA) is 101 Å². The maximum atomic E-state index is 12.4. The normalized spacial score (nSPS) is 14.8. The standard InChI is InChI=1S/C16H22N2O5/c1-2-3-4-14(21)17-5-7-18(8-6-17)16(23)11-9-12(19)15(22)13(20)10-11/h9-10,19-20,22H,2-8H2,1H3. The second-order valence-electron chi connectivity index (χ2n) is 5.64. The molecule has 1 aromatic rings. The Morgan fingerprint density at radius 3 is 2.04 bits per heavy atom. The van der Waals surface area contributed by atoms with Crippen LogP contribution in [0.1, 0.15) is 36.5 Å². The highest BCUT2D eigenvalue weighted by Crippen LogP contribution is 2.35. The summed E-state index contributed by atoms with van der Waals surface area (Å²) < 4.78 is 0. The molecule has 7 heteroatoms. The molecule has 0 aromatic heterocycles. The summed E-state index contributed by atoms with van der Waals surface area (Å²) in [6.07, 6.45) is 2.37. The fourth-order valence-corrected chi connectivity index (χ4v) is 2.56. The highest BCUT2D eigenvalue weighted by molar-refractivity contribution is 5.95. The van der Waals surface area contributed by atoms with Crippen LogP contribution >= 0.6 is 0 Å². The number of hydrogen-bond acceptors (Lipinski definition) is 5. The zero-order valence-electron chi connectivity index (χ0n) is 13.2. The Hall–Kier alpha value is -2.44. The summed E-state index contributed by atoms with van der Waals surface area (Å²) in [5.41, 5.74) is 0.101. The van der Waals surface area contributed by atoms with Crippen LogP contribution in [0.5, 0.6) is 17.2 Å². The van der Waals surface area contributed by atoms with E-state index in [1.165, 1.54) is 0 Å². The number of phenols is 3. The lowest BCUT2D eigenvalue weighted by Gasteiger charge is -2.35. The second-order valence-corrected chi connectivity index (χ2v) is 5.64. The average Bonchev–Trinajstić information content (AvgIpc) is 2.56. The number of nitrogens with zero attached hydrogens (tertiary/aromatic N) is 2. The summed E-state index contributed by atoms with van der Waals surface area (Å²) in [7, 11) is 0. The van der Waals surface area contributed by atoms with Crippen LogP contribution in [0.25, 0.3) is 0 Å². The van der Waals surface area contributed by atoms with Gasteiger partial charge >= 0.3 is 0 Å². The molecule has 0 bridgehead atoms. The van der Waals surface area contributed by atoms with Gasteiger partial charge in [-0.15, -0.1) is 0 Å². The number of carbonyl (C=O) groups is 2. The van der Waals surface area contributed by atoms with Crippen LogP contribution in [0.2, 0.25) is 0 Å². The number of hydrogen-bond donors (Lipinski definition) is 3. The minimum Gasteiger partial charge on any atom is -0.504 e. The molecular formula is C16H22N2O5. The molecule has 23 heavy (non-hydrogen) atoms. The first kappa shape index (κ1) is 16.9. The molecule has 0 atom stereocenters. The quantitative estimate of drug-likeness (QED) is 0.725. The van der Waals surface area contributed by atoms with Crippen molar-refractivity contribution in [3.8, 4) is 17.2 Å². The van der Waals surface area contributed by atoms with Gasteiger partial charge in [0.2, 0.25) is 5.91 Å². The summed E-state index contributed by atoms with van der Waals surface area (Å²) in [4.78, 5) is 27.7. The Kier molecular flexibility index (Phi) is 5.31. The largest absolute Gasteiger partial charge is 0.504 e. The van der Waals surface area contributed by atoms with Gasteiger partial charge in [0.1, 0.15) is 0 Å². The van der Waals surface area contributed by atoms with Gasteiger partial charge in [0.05, 0.1) is 0 Å². The van der Waals surface area contributed by atoms with Crippen molar-refractivity contribution in [2.45, 2.75) is 26.2 Å². The highest BCUT2D eigenvalue weighted by atomic mass is 16.3. The van der Waals surface area contributed by atoms with E-state index >= 15 is 0 Å². The first-order valence-corrected chi connectivity index (χ1v) is 7.76. The number of amides is 2. The van der Waals surface area contributed by atoms with Crippen molar-refractivity contribution < 1.29 is 24.9 Å². The van der Waals surface area contributed by atoms with Crippen molar-refractivity contribution in [3.63, 3.8) is 0 Å². The third-order valence-corrected chi connectivity index (χ3v) is 3.98. The summed E-state index contributed by atoms with van der Waals surface area (Å²) in [6, 6.07) is 2.24. The molecule has 0 aliphatic carbocycles. The maximum Gasteiger partial charge on any atom is 0.254 e. The molecule has 126 valence electrons. The number of phenolic OH excluding ortho intramolecular Hbond substituents is 3. The van der Waals surface area contributed by atoms with E-state index in [9.17, 15) is 24.9 Å². The Balaban J connectivity index is 1.97. The van der Waals surface area contributed by atoms with E-state index in [1.54, 1.807) is 9.80 Å². The summed E-state index contributed by atoms with van der Waals surface area (Å²) in [5, 5.41) is 28.3. The van der Waals surface area contributed by atoms with Gasteiger partial charge in [0.25, 0.3) is 5.91 Å². The van der Waals surface area contributed by atoms with Gasteiger partial charge in [0.15, 0.2) is 17.2 Å². The molecule has 1 saturated heterocycles. The Morgan fingerprint density at radius 2 is 1.52 bits per heavy atom. The first-order valence-electron chi connectivity index (χ1n) is 7.76. The van der Waals surface area contributed by atoms with Crippen LogP contribution in [-0.2, 0) is 4.79 Å². The van der Waals surface area contributed by atoms with Crippen molar-refractivity contribution in [1.82, 2.24) is 9.80 Å². The van der Waals surface area contributed by atoms with Gasteiger partial charge in [-0.25, -0.2) is 0 Å². The van der Waals surface area contributed by atoms with E-state index in [0.29, 0.717) is 32.6 Å². The molecule has 2 rings (SSSR count). The van der Waals surface area contributed by atoms with Crippen molar-refractivity contribution in [2.75, 3.05) is 26.2 Å². The summed E-state index contributed by atoms with van der Waals surface area (Å²) in [5.74, 6) is -1.97. The van der Waals surface area contributed by atoms with Crippen LogP contribution in [0.15, 0.2) is 12.1 Å². The van der Waals surface area contributed by atoms with Crippen molar-refractivity contribution in [1.29, 1.82) is 0 Å². The Bertz CT molecular complexity index is 571. The summed E-state index contributed by atoms with van der Waals surface area (Å²) >= 11 is 0. The van der Waals surface area contributed by atoms with E-state index in [1.807, 2.05) is 6.92 Å². The van der Waals surface area contributed by atoms with Crippen molar-refractivity contribution in [3.05, 3.63) is 17.7 Å². The zero-order chi connectivity index (χ0) is 17.0. The van der Waals surface area contributed by atoms with Gasteiger partial charge in [-0.3, -0.25) is 9.59 Å². The lowest BCUT2D eigenvalue weighted by atomic mass is 10.1. The molecule has 3 N–H and O–H groups in total. The van der Waals surface area contributed by atoms with E-state index < -0.39 is 17.2 Å². The van der Waals surface area contributed by atoms with Crippen LogP contribution in [0, 0.1) is 0 Å². The molecule has 0 saturated carbocycles. The third kappa shape index (κ3) is 3.85. The molecular weight excluding hydrogens is 300 g/mol. The third-order valence-electron chi connectivity index (χ3n) is 3.98. The molecule has 2 amide bonds. The molecule has 7 nitrogen and oxygen atoms in total. The lowest BCUT2D eigenvalue weighted by Crippen LogP contribution is -2.50. The Morgan fingerprint density at radius 1 is 1.00 bits per heavy atom. The fraction of sp³-hybridized carbons (Fsp3) is 0.500. The van der Waals surface area contributed by atoms with Crippen LogP contribution < -0.4 is 0 Å². The molecule has 1 fully saturated rings. The van der Waals surface area contributed by atoms with Gasteiger partial charge in [-0.2, -0.15) is 0 Å². The summed E-state index contributed by atoms with van der Waals surface area (Å²) in [6.45, 7) is 3.79. The van der Waals surface area contributed by atoms with Gasteiger partial charge < -0.3 is 25.1 Å². The molecule has 1 aliphatic rings. The van der Waals surface area contributed by atoms with E-state index in [-0.39, 0.29) is 17.4 Å². The van der Waals surface area contributed by atoms with Crippen molar-refractivity contribution >= 4 is 11.8 Å². The minimum absolute atomic E-state index is 0.101. The lowest BCUT2D eigenvalue weighted by molar-refractivity contribution is -0.132. The predicted octanol–water partition coefficient (Wildman–Crippen LogP) is 1.28. The van der Waals surface area contributed by atoms with Crippen LogP contribution in [0.4, 0.5) is 0 Å². The molecule has 0 radical (unpaired) electrons. The number of rotatable bonds is 4. The predicted molar refractivity (Wildman–Crippen MR) is 83.4 cm³/mol. The molecule has 1 heterocycles. The van der Waals surface area contributed by atoms with E-state index in [2.05, 4.69) is 0 Å². The van der Waals surface area contributed by atoms with Gasteiger partial charge in [0, 0.05) is 38.2 Å². The van der Waals surface area contributed by atoms with E-state index in [0.717, 1.165) is 25.0 Å². The van der Waals surface area contributed by atoms with E-state index in [4.69, 9.17) is 0 Å². The van der Waals surface area contributed by atoms with Crippen molar-refractivity contribution in [2.24, 2.45) is 0 Å². The highest BCUT2D eigenvalue weighted by Gasteiger charge is 2.25. The number of carbonyl (C=O) groups excluding carboxylic acids is 2. The molecule has 1 aromatic carbocycles. The number of unbranched alkanes of at least 4 members (excludes halogenated alkanes) is 1. The van der Waals surface area contributed by atoms with Gasteiger partial charge in [-0.1, -0.05) is 13.3 Å².